The molecular formula is C20H26N4O4S. The van der Waals surface area contributed by atoms with Crippen molar-refractivity contribution in [2.45, 2.75) is 11.8 Å². The Balaban J connectivity index is 1.74. The molecule has 8 nitrogen and oxygen atoms in total. The number of carbonyl (C=O) groups excluding carboxylic acids is 1. The third kappa shape index (κ3) is 5.47. The summed E-state index contributed by atoms with van der Waals surface area (Å²) < 4.78 is 33.4. The molecule has 0 aromatic heterocycles. The third-order valence-electron chi connectivity index (χ3n) is 4.62. The van der Waals surface area contributed by atoms with Crippen LogP contribution in [0.2, 0.25) is 0 Å². The van der Waals surface area contributed by atoms with E-state index in [9.17, 15) is 13.2 Å². The minimum atomic E-state index is -3.85. The maximum absolute atomic E-state index is 12.8. The van der Waals surface area contributed by atoms with Crippen molar-refractivity contribution in [3.05, 3.63) is 54.1 Å². The Bertz CT molecular complexity index is 939. The Morgan fingerprint density at radius 1 is 1.03 bits per heavy atom. The van der Waals surface area contributed by atoms with Gasteiger partial charge in [-0.1, -0.05) is 12.1 Å². The molecule has 0 saturated carbocycles. The van der Waals surface area contributed by atoms with Gasteiger partial charge in [0.25, 0.3) is 15.9 Å². The summed E-state index contributed by atoms with van der Waals surface area (Å²) in [5, 5.41) is 1.85. The topological polar surface area (TPSA) is 91.0 Å². The highest BCUT2D eigenvalue weighted by molar-refractivity contribution is 7.92. The van der Waals surface area contributed by atoms with Crippen LogP contribution in [0.15, 0.2) is 53.4 Å². The second-order valence-electron chi connectivity index (χ2n) is 6.79. The summed E-state index contributed by atoms with van der Waals surface area (Å²) in [6.45, 7) is 5.49. The van der Waals surface area contributed by atoms with E-state index in [1.54, 1.807) is 36.4 Å². The highest BCUT2D eigenvalue weighted by Crippen LogP contribution is 2.22. The molecular weight excluding hydrogens is 392 g/mol. The smallest absolute Gasteiger partial charge is 0.267 e. The van der Waals surface area contributed by atoms with Crippen LogP contribution in [0.4, 0.5) is 5.69 Å². The lowest BCUT2D eigenvalue weighted by molar-refractivity contribution is 0.0663. The summed E-state index contributed by atoms with van der Waals surface area (Å²) >= 11 is 0. The van der Waals surface area contributed by atoms with Gasteiger partial charge in [0.05, 0.1) is 22.8 Å². The average Bonchev–Trinajstić information content (AvgIpc) is 2.70. The number of sulfonamides is 1. The van der Waals surface area contributed by atoms with Crippen LogP contribution >= 0.6 is 0 Å². The molecule has 0 spiro atoms. The summed E-state index contributed by atoms with van der Waals surface area (Å²) in [6, 6.07) is 12.7. The van der Waals surface area contributed by atoms with Crippen molar-refractivity contribution in [3.8, 4) is 5.75 Å². The summed E-state index contributed by atoms with van der Waals surface area (Å²) in [6.07, 6.45) is 0. The van der Waals surface area contributed by atoms with E-state index in [1.807, 2.05) is 19.0 Å². The van der Waals surface area contributed by atoms with Gasteiger partial charge in [-0.05, 0) is 50.4 Å². The van der Waals surface area contributed by atoms with Gasteiger partial charge >= 0.3 is 0 Å². The number of amides is 1. The van der Waals surface area contributed by atoms with Gasteiger partial charge < -0.3 is 9.64 Å². The molecule has 2 N–H and O–H groups in total. The molecule has 1 aliphatic heterocycles. The first-order valence-electron chi connectivity index (χ1n) is 9.48. The number of carbonyl (C=O) groups is 1. The fraction of sp³-hybridized carbons (Fsp3) is 0.350. The van der Waals surface area contributed by atoms with Crippen LogP contribution in [0.5, 0.6) is 5.75 Å². The molecule has 0 bridgehead atoms. The maximum Gasteiger partial charge on any atom is 0.267 e. The first kappa shape index (κ1) is 21.1. The molecule has 0 radical (unpaired) electrons. The van der Waals surface area contributed by atoms with Gasteiger partial charge in [0.1, 0.15) is 5.75 Å². The number of piperazine rings is 1. The Hall–Kier alpha value is -2.62. The number of ether oxygens (including phenoxy) is 1. The number of para-hydroxylation sites is 1. The van der Waals surface area contributed by atoms with Gasteiger partial charge in [0, 0.05) is 26.2 Å². The molecule has 1 fully saturated rings. The van der Waals surface area contributed by atoms with Gasteiger partial charge in [-0.25, -0.2) is 13.4 Å². The van der Waals surface area contributed by atoms with E-state index >= 15 is 0 Å². The molecule has 2 aromatic carbocycles. The molecule has 1 amide bonds. The molecule has 0 unspecified atom stereocenters. The van der Waals surface area contributed by atoms with E-state index in [4.69, 9.17) is 4.74 Å². The van der Waals surface area contributed by atoms with Crippen LogP contribution in [0.1, 0.15) is 17.3 Å². The van der Waals surface area contributed by atoms with Crippen molar-refractivity contribution in [1.82, 2.24) is 15.3 Å². The number of hydrogen-bond donors (Lipinski definition) is 2. The Kier molecular flexibility index (Phi) is 6.73. The number of nitrogens with zero attached hydrogens (tertiary/aromatic N) is 2. The highest BCUT2D eigenvalue weighted by Gasteiger charge is 2.21. The van der Waals surface area contributed by atoms with Crippen LogP contribution in [0, 0.1) is 0 Å². The monoisotopic (exact) mass is 418 g/mol. The maximum atomic E-state index is 12.8. The molecule has 29 heavy (non-hydrogen) atoms. The minimum Gasteiger partial charge on any atom is -0.494 e. The molecule has 156 valence electrons. The molecule has 0 aliphatic carbocycles. The molecule has 2 aromatic rings. The summed E-state index contributed by atoms with van der Waals surface area (Å²) in [5.41, 5.74) is 3.35. The van der Waals surface area contributed by atoms with E-state index in [2.05, 4.69) is 15.0 Å². The number of hydrogen-bond acceptors (Lipinski definition) is 6. The number of benzene rings is 2. The normalized spacial score (nSPS) is 15.7. The Labute approximate surface area is 171 Å². The number of anilines is 1. The van der Waals surface area contributed by atoms with Gasteiger partial charge in [0.2, 0.25) is 0 Å². The summed E-state index contributed by atoms with van der Waals surface area (Å²) in [5.74, 6) is 0.248. The fourth-order valence-electron chi connectivity index (χ4n) is 2.98. The number of likely N-dealkylation sites (N-methyl/N-ethyl adjacent to an activating group) is 1. The molecule has 9 heteroatoms. The van der Waals surface area contributed by atoms with E-state index in [0.717, 1.165) is 13.1 Å². The van der Waals surface area contributed by atoms with E-state index < -0.39 is 10.0 Å². The highest BCUT2D eigenvalue weighted by atomic mass is 32.2. The van der Waals surface area contributed by atoms with Gasteiger partial charge in [-0.15, -0.1) is 0 Å². The van der Waals surface area contributed by atoms with Crippen molar-refractivity contribution < 1.29 is 17.9 Å². The quantitative estimate of drug-likeness (QED) is 0.712. The summed E-state index contributed by atoms with van der Waals surface area (Å²) in [4.78, 5) is 15.0. The second kappa shape index (κ2) is 9.25. The van der Waals surface area contributed by atoms with Gasteiger partial charge in [-0.2, -0.15) is 0 Å². The molecule has 1 heterocycles. The average molecular weight is 419 g/mol. The fourth-order valence-corrected chi connectivity index (χ4v) is 4.06. The number of hydrazine groups is 1. The van der Waals surface area contributed by atoms with Crippen molar-refractivity contribution in [2.24, 2.45) is 0 Å². The van der Waals surface area contributed by atoms with Crippen LogP contribution < -0.4 is 14.9 Å². The lowest BCUT2D eigenvalue weighted by Gasteiger charge is -2.32. The number of nitrogens with one attached hydrogen (secondary N) is 2. The Morgan fingerprint density at radius 2 is 1.69 bits per heavy atom. The largest absolute Gasteiger partial charge is 0.494 e. The second-order valence-corrected chi connectivity index (χ2v) is 8.47. The first-order chi connectivity index (χ1) is 13.9. The van der Waals surface area contributed by atoms with Crippen molar-refractivity contribution in [3.63, 3.8) is 0 Å². The van der Waals surface area contributed by atoms with Crippen LogP contribution in [0.25, 0.3) is 0 Å². The predicted octanol–water partition coefficient (Wildman–Crippen LogP) is 1.78. The zero-order chi connectivity index (χ0) is 20.9. The Morgan fingerprint density at radius 3 is 2.34 bits per heavy atom. The summed E-state index contributed by atoms with van der Waals surface area (Å²) in [7, 11) is -1.82. The van der Waals surface area contributed by atoms with Crippen LogP contribution in [-0.4, -0.2) is 64.1 Å². The lowest BCUT2D eigenvalue weighted by Crippen LogP contribution is -2.52. The third-order valence-corrected chi connectivity index (χ3v) is 6.01. The van der Waals surface area contributed by atoms with Gasteiger partial charge in [-0.3, -0.25) is 14.9 Å². The number of rotatable bonds is 7. The van der Waals surface area contributed by atoms with Crippen LogP contribution in [0.3, 0.4) is 0 Å². The molecule has 0 atom stereocenters. The van der Waals surface area contributed by atoms with E-state index in [-0.39, 0.29) is 22.1 Å². The zero-order valence-electron chi connectivity index (χ0n) is 16.6. The van der Waals surface area contributed by atoms with Crippen LogP contribution in [-0.2, 0) is 10.0 Å². The zero-order valence-corrected chi connectivity index (χ0v) is 17.4. The van der Waals surface area contributed by atoms with Gasteiger partial charge in [0.15, 0.2) is 0 Å². The van der Waals surface area contributed by atoms with Crippen molar-refractivity contribution in [2.75, 3.05) is 44.6 Å². The predicted molar refractivity (Wildman–Crippen MR) is 111 cm³/mol. The first-order valence-corrected chi connectivity index (χ1v) is 11.0. The lowest BCUT2D eigenvalue weighted by atomic mass is 10.2. The molecule has 1 aliphatic rings. The molecule has 3 rings (SSSR count). The minimum absolute atomic E-state index is 0.0928. The molecule has 1 saturated heterocycles. The van der Waals surface area contributed by atoms with Crippen molar-refractivity contribution in [1.29, 1.82) is 0 Å². The van der Waals surface area contributed by atoms with Crippen molar-refractivity contribution >= 4 is 21.6 Å². The van der Waals surface area contributed by atoms with E-state index in [1.165, 1.54) is 12.1 Å². The SMILES string of the molecule is CCOc1ccc(S(=O)(=O)Nc2ccccc2C(=O)NN2CCN(C)CC2)cc1. The van der Waals surface area contributed by atoms with E-state index in [0.29, 0.717) is 25.4 Å². The standard InChI is InChI=1S/C20H26N4O4S/c1-3-28-16-8-10-17(11-9-16)29(26,27)22-19-7-5-4-6-18(19)20(25)21-24-14-12-23(2)13-15-24/h4-11,22H,3,12-15H2,1-2H3,(H,21,25).